The van der Waals surface area contributed by atoms with Gasteiger partial charge in [0.1, 0.15) is 0 Å². The number of benzene rings is 1. The highest BCUT2D eigenvalue weighted by Gasteiger charge is 2.22. The predicted octanol–water partition coefficient (Wildman–Crippen LogP) is 3.40. The average molecular weight is 324 g/mol. The van der Waals surface area contributed by atoms with E-state index in [1.165, 1.54) is 31.5 Å². The van der Waals surface area contributed by atoms with E-state index in [2.05, 4.69) is 52.0 Å². The fourth-order valence-corrected chi connectivity index (χ4v) is 3.52. The first kappa shape index (κ1) is 16.8. The number of rotatable bonds is 6. The van der Waals surface area contributed by atoms with Crippen LogP contribution in [0.5, 0.6) is 0 Å². The number of nitrogen functional groups attached to an aromatic ring is 1. The number of likely N-dealkylation sites (tertiary alicyclic amines) is 1. The van der Waals surface area contributed by atoms with E-state index in [0.717, 1.165) is 37.1 Å². The van der Waals surface area contributed by atoms with Crippen molar-refractivity contribution in [1.29, 1.82) is 0 Å². The monoisotopic (exact) mass is 324 g/mol. The average Bonchev–Trinajstić information content (AvgIpc) is 2.63. The summed E-state index contributed by atoms with van der Waals surface area (Å²) in [6.45, 7) is 7.60. The van der Waals surface area contributed by atoms with Crippen LogP contribution in [0.25, 0.3) is 0 Å². The molecule has 1 aliphatic rings. The van der Waals surface area contributed by atoms with Crippen molar-refractivity contribution in [2.75, 3.05) is 36.8 Å². The lowest BCUT2D eigenvalue weighted by Gasteiger charge is -2.35. The second-order valence-corrected chi connectivity index (χ2v) is 6.66. The van der Waals surface area contributed by atoms with Gasteiger partial charge < -0.3 is 10.6 Å². The van der Waals surface area contributed by atoms with Crippen LogP contribution >= 0.6 is 0 Å². The van der Waals surface area contributed by atoms with Crippen molar-refractivity contribution in [2.24, 2.45) is 5.92 Å². The Kier molecular flexibility index (Phi) is 5.70. The lowest BCUT2D eigenvalue weighted by molar-refractivity contribution is 0.179. The zero-order valence-electron chi connectivity index (χ0n) is 14.6. The smallest absolute Gasteiger partial charge is 0.151 e. The maximum Gasteiger partial charge on any atom is 0.151 e. The highest BCUT2D eigenvalue weighted by molar-refractivity contribution is 5.62. The van der Waals surface area contributed by atoms with Gasteiger partial charge >= 0.3 is 0 Å². The lowest BCUT2D eigenvalue weighted by atomic mass is 9.95. The van der Waals surface area contributed by atoms with Gasteiger partial charge in [0.2, 0.25) is 0 Å². The Hall–Kier alpha value is -2.07. The molecular formula is C20H28N4. The third-order valence-electron chi connectivity index (χ3n) is 4.93. The van der Waals surface area contributed by atoms with E-state index < -0.39 is 0 Å². The molecule has 0 atom stereocenters. The molecule has 0 spiro atoms. The van der Waals surface area contributed by atoms with Gasteiger partial charge in [0.05, 0.1) is 5.69 Å². The summed E-state index contributed by atoms with van der Waals surface area (Å²) in [5, 5.41) is 0. The maximum absolute atomic E-state index is 6.10. The molecule has 2 aromatic rings. The molecule has 0 bridgehead atoms. The minimum absolute atomic E-state index is 0.721. The van der Waals surface area contributed by atoms with Crippen molar-refractivity contribution >= 4 is 11.5 Å². The molecule has 2 heterocycles. The van der Waals surface area contributed by atoms with Crippen LogP contribution in [0.4, 0.5) is 11.5 Å². The third-order valence-corrected chi connectivity index (χ3v) is 4.93. The number of piperidine rings is 1. The molecule has 1 aliphatic heterocycles. The van der Waals surface area contributed by atoms with Crippen LogP contribution in [-0.4, -0.2) is 36.1 Å². The summed E-state index contributed by atoms with van der Waals surface area (Å²) >= 11 is 0. The van der Waals surface area contributed by atoms with Gasteiger partial charge in [0.15, 0.2) is 5.82 Å². The molecule has 1 aromatic heterocycles. The topological polar surface area (TPSA) is 45.4 Å². The van der Waals surface area contributed by atoms with Gasteiger partial charge in [-0.15, -0.1) is 0 Å². The molecule has 0 aliphatic carbocycles. The quantitative estimate of drug-likeness (QED) is 0.884. The van der Waals surface area contributed by atoms with Crippen LogP contribution in [0.15, 0.2) is 48.7 Å². The Labute approximate surface area is 145 Å². The first-order valence-electron chi connectivity index (χ1n) is 8.98. The summed E-state index contributed by atoms with van der Waals surface area (Å²) in [6.07, 6.45) is 4.32. The molecule has 1 fully saturated rings. The summed E-state index contributed by atoms with van der Waals surface area (Å²) in [6, 6.07) is 14.6. The molecule has 128 valence electrons. The van der Waals surface area contributed by atoms with Gasteiger partial charge in [-0.25, -0.2) is 4.98 Å². The Balaban J connectivity index is 1.52. The van der Waals surface area contributed by atoms with E-state index >= 15 is 0 Å². The molecule has 0 radical (unpaired) electrons. The molecule has 1 aromatic carbocycles. The van der Waals surface area contributed by atoms with Crippen molar-refractivity contribution in [3.05, 3.63) is 54.2 Å². The standard InChI is InChI=1S/C20H28N4/c1-2-24(20-19(21)9-6-12-22-20)16-18-10-13-23(14-11-18)15-17-7-4-3-5-8-17/h3-9,12,18H,2,10-11,13-16,21H2,1H3. The SMILES string of the molecule is CCN(CC1CCN(Cc2ccccc2)CC1)c1ncccc1N. The van der Waals surface area contributed by atoms with Gasteiger partial charge in [-0.2, -0.15) is 0 Å². The van der Waals surface area contributed by atoms with E-state index in [1.807, 2.05) is 18.3 Å². The molecule has 0 amide bonds. The van der Waals surface area contributed by atoms with Crippen LogP contribution < -0.4 is 10.6 Å². The third kappa shape index (κ3) is 4.26. The first-order valence-corrected chi connectivity index (χ1v) is 8.98. The van der Waals surface area contributed by atoms with Crippen molar-refractivity contribution < 1.29 is 0 Å². The van der Waals surface area contributed by atoms with E-state index in [0.29, 0.717) is 0 Å². The van der Waals surface area contributed by atoms with Gasteiger partial charge in [-0.05, 0) is 56.5 Å². The van der Waals surface area contributed by atoms with E-state index in [-0.39, 0.29) is 0 Å². The van der Waals surface area contributed by atoms with E-state index in [1.54, 1.807) is 0 Å². The molecule has 24 heavy (non-hydrogen) atoms. The molecule has 4 nitrogen and oxygen atoms in total. The van der Waals surface area contributed by atoms with Crippen molar-refractivity contribution in [2.45, 2.75) is 26.3 Å². The Morgan fingerprint density at radius 1 is 1.12 bits per heavy atom. The Bertz CT molecular complexity index is 621. The summed E-state index contributed by atoms with van der Waals surface area (Å²) in [5.41, 5.74) is 8.29. The normalized spacial score (nSPS) is 16.2. The fourth-order valence-electron chi connectivity index (χ4n) is 3.52. The number of hydrogen-bond acceptors (Lipinski definition) is 4. The molecule has 1 saturated heterocycles. The maximum atomic E-state index is 6.10. The van der Waals surface area contributed by atoms with Crippen LogP contribution in [0.3, 0.4) is 0 Å². The van der Waals surface area contributed by atoms with Gasteiger partial charge in [0, 0.05) is 25.8 Å². The fraction of sp³-hybridized carbons (Fsp3) is 0.450. The molecular weight excluding hydrogens is 296 g/mol. The molecule has 3 rings (SSSR count). The number of nitrogens with zero attached hydrogens (tertiary/aromatic N) is 3. The second-order valence-electron chi connectivity index (χ2n) is 6.66. The van der Waals surface area contributed by atoms with Crippen molar-refractivity contribution in [1.82, 2.24) is 9.88 Å². The van der Waals surface area contributed by atoms with Crippen LogP contribution in [0.2, 0.25) is 0 Å². The number of aromatic nitrogens is 1. The highest BCUT2D eigenvalue weighted by Crippen LogP contribution is 2.24. The second kappa shape index (κ2) is 8.15. The highest BCUT2D eigenvalue weighted by atomic mass is 15.2. The molecule has 0 unspecified atom stereocenters. The van der Waals surface area contributed by atoms with Crippen molar-refractivity contribution in [3.8, 4) is 0 Å². The number of pyridine rings is 1. The summed E-state index contributed by atoms with van der Waals surface area (Å²) < 4.78 is 0. The zero-order chi connectivity index (χ0) is 16.8. The number of hydrogen-bond donors (Lipinski definition) is 1. The van der Waals surface area contributed by atoms with Crippen molar-refractivity contribution in [3.63, 3.8) is 0 Å². The minimum Gasteiger partial charge on any atom is -0.396 e. The zero-order valence-corrected chi connectivity index (χ0v) is 14.6. The summed E-state index contributed by atoms with van der Waals surface area (Å²) in [4.78, 5) is 9.37. The van der Waals surface area contributed by atoms with E-state index in [4.69, 9.17) is 5.73 Å². The molecule has 0 saturated carbocycles. The van der Waals surface area contributed by atoms with E-state index in [9.17, 15) is 0 Å². The van der Waals surface area contributed by atoms with Gasteiger partial charge in [0.25, 0.3) is 0 Å². The first-order chi connectivity index (χ1) is 11.8. The predicted molar refractivity (Wildman–Crippen MR) is 101 cm³/mol. The minimum atomic E-state index is 0.721. The Morgan fingerprint density at radius 2 is 1.88 bits per heavy atom. The number of anilines is 2. The largest absolute Gasteiger partial charge is 0.396 e. The van der Waals surface area contributed by atoms with Crippen LogP contribution in [-0.2, 0) is 6.54 Å². The van der Waals surface area contributed by atoms with Crippen LogP contribution in [0, 0.1) is 5.92 Å². The molecule has 2 N–H and O–H groups in total. The van der Waals surface area contributed by atoms with Crippen LogP contribution in [0.1, 0.15) is 25.3 Å². The number of nitrogens with two attached hydrogens (primary N) is 1. The van der Waals surface area contributed by atoms with Gasteiger partial charge in [-0.1, -0.05) is 30.3 Å². The Morgan fingerprint density at radius 3 is 2.54 bits per heavy atom. The summed E-state index contributed by atoms with van der Waals surface area (Å²) in [7, 11) is 0. The molecule has 4 heteroatoms. The van der Waals surface area contributed by atoms with Gasteiger partial charge in [-0.3, -0.25) is 4.90 Å². The summed E-state index contributed by atoms with van der Waals surface area (Å²) in [5.74, 6) is 1.66. The lowest BCUT2D eigenvalue weighted by Crippen LogP contribution is -2.39.